The van der Waals surface area contributed by atoms with Crippen LogP contribution in [0.5, 0.6) is 0 Å². The van der Waals surface area contributed by atoms with E-state index in [9.17, 15) is 22.8 Å². The smallest absolute Gasteiger partial charge is 0.326 e. The monoisotopic (exact) mass is 292 g/mol. The molecule has 0 bridgehead atoms. The number of rotatable bonds is 5. The van der Waals surface area contributed by atoms with E-state index in [4.69, 9.17) is 10.2 Å². The molecule has 0 heterocycles. The van der Waals surface area contributed by atoms with Crippen molar-refractivity contribution in [3.8, 4) is 0 Å². The van der Waals surface area contributed by atoms with Crippen LogP contribution in [0.15, 0.2) is 12.1 Å². The standard InChI is InChI=1S/C11H11F3N2O4/c12-5-3-6(13)9(14)8(4-5)16-11(20)15-7(1-2-17)10(18)19/h3-4,7,17H,1-2H2,(H,18,19)(H2,15,16,20)/t7-/m0/s1. The third-order valence-electron chi connectivity index (χ3n) is 2.26. The van der Waals surface area contributed by atoms with Crippen molar-refractivity contribution in [2.45, 2.75) is 12.5 Å². The summed E-state index contributed by atoms with van der Waals surface area (Å²) in [6.07, 6.45) is -0.275. The highest BCUT2D eigenvalue weighted by atomic mass is 19.2. The third kappa shape index (κ3) is 4.12. The second-order valence-corrected chi connectivity index (χ2v) is 3.75. The Morgan fingerprint density at radius 2 is 1.90 bits per heavy atom. The van der Waals surface area contributed by atoms with E-state index in [0.29, 0.717) is 12.1 Å². The average molecular weight is 292 g/mol. The van der Waals surface area contributed by atoms with Crippen molar-refractivity contribution in [2.75, 3.05) is 11.9 Å². The molecule has 6 nitrogen and oxygen atoms in total. The summed E-state index contributed by atoms with van der Waals surface area (Å²) >= 11 is 0. The summed E-state index contributed by atoms with van der Waals surface area (Å²) in [5, 5.41) is 21.0. The van der Waals surface area contributed by atoms with Crippen molar-refractivity contribution >= 4 is 17.7 Å². The summed E-state index contributed by atoms with van der Waals surface area (Å²) in [4.78, 5) is 22.1. The highest BCUT2D eigenvalue weighted by Crippen LogP contribution is 2.18. The lowest BCUT2D eigenvalue weighted by atomic mass is 10.2. The van der Waals surface area contributed by atoms with Crippen molar-refractivity contribution in [3.05, 3.63) is 29.6 Å². The molecule has 0 saturated carbocycles. The number of benzene rings is 1. The summed E-state index contributed by atoms with van der Waals surface area (Å²) in [7, 11) is 0. The van der Waals surface area contributed by atoms with Crippen molar-refractivity contribution in [1.82, 2.24) is 5.32 Å². The number of hydrogen-bond donors (Lipinski definition) is 4. The molecule has 0 aliphatic heterocycles. The van der Waals surface area contributed by atoms with Crippen LogP contribution in [0.4, 0.5) is 23.7 Å². The van der Waals surface area contributed by atoms with Gasteiger partial charge in [0, 0.05) is 25.2 Å². The summed E-state index contributed by atoms with van der Waals surface area (Å²) in [5.74, 6) is -5.49. The highest BCUT2D eigenvalue weighted by Gasteiger charge is 2.20. The average Bonchev–Trinajstić information content (AvgIpc) is 2.34. The van der Waals surface area contributed by atoms with Gasteiger partial charge in [-0.05, 0) is 0 Å². The summed E-state index contributed by atoms with van der Waals surface area (Å²) < 4.78 is 39.0. The molecule has 110 valence electrons. The molecule has 0 saturated heterocycles. The zero-order valence-corrected chi connectivity index (χ0v) is 9.99. The lowest BCUT2D eigenvalue weighted by molar-refractivity contribution is -0.139. The number of urea groups is 1. The zero-order valence-electron chi connectivity index (χ0n) is 9.99. The Morgan fingerprint density at radius 1 is 1.25 bits per heavy atom. The van der Waals surface area contributed by atoms with Gasteiger partial charge in [-0.2, -0.15) is 0 Å². The maximum absolute atomic E-state index is 13.2. The largest absolute Gasteiger partial charge is 0.480 e. The van der Waals surface area contributed by atoms with Gasteiger partial charge in [0.1, 0.15) is 11.9 Å². The first-order chi connectivity index (χ1) is 9.35. The van der Waals surface area contributed by atoms with Crippen LogP contribution >= 0.6 is 0 Å². The van der Waals surface area contributed by atoms with E-state index in [-0.39, 0.29) is 6.42 Å². The molecule has 0 radical (unpaired) electrons. The predicted molar refractivity (Wildman–Crippen MR) is 61.6 cm³/mol. The van der Waals surface area contributed by atoms with Gasteiger partial charge in [-0.25, -0.2) is 22.8 Å². The normalized spacial score (nSPS) is 11.8. The van der Waals surface area contributed by atoms with E-state index in [1.165, 1.54) is 0 Å². The minimum absolute atomic E-state index is 0.275. The quantitative estimate of drug-likeness (QED) is 0.610. The topological polar surface area (TPSA) is 98.7 Å². The number of nitrogens with one attached hydrogen (secondary N) is 2. The molecular weight excluding hydrogens is 281 g/mol. The van der Waals surface area contributed by atoms with Crippen LogP contribution in [-0.2, 0) is 4.79 Å². The molecule has 9 heteroatoms. The van der Waals surface area contributed by atoms with Crippen molar-refractivity contribution < 1.29 is 33.0 Å². The van der Waals surface area contributed by atoms with Gasteiger partial charge in [-0.15, -0.1) is 0 Å². The number of hydrogen-bond acceptors (Lipinski definition) is 3. The molecule has 0 aliphatic carbocycles. The Morgan fingerprint density at radius 3 is 2.45 bits per heavy atom. The number of amides is 2. The number of anilines is 1. The number of carbonyl (C=O) groups excluding carboxylic acids is 1. The third-order valence-corrected chi connectivity index (χ3v) is 2.26. The minimum atomic E-state index is -1.49. The van der Waals surface area contributed by atoms with E-state index in [2.05, 4.69) is 0 Å². The minimum Gasteiger partial charge on any atom is -0.480 e. The molecule has 0 unspecified atom stereocenters. The fourth-order valence-corrected chi connectivity index (χ4v) is 1.35. The van der Waals surface area contributed by atoms with Gasteiger partial charge in [0.2, 0.25) is 0 Å². The molecule has 1 aromatic carbocycles. The molecule has 1 rings (SSSR count). The number of carbonyl (C=O) groups is 2. The van der Waals surface area contributed by atoms with E-state index in [1.807, 2.05) is 5.32 Å². The van der Waals surface area contributed by atoms with Gasteiger partial charge >= 0.3 is 12.0 Å². The number of carboxylic acid groups (broad SMARTS) is 1. The number of aliphatic hydroxyl groups excluding tert-OH is 1. The molecule has 2 amide bonds. The number of aliphatic carboxylic acids is 1. The van der Waals surface area contributed by atoms with Crippen LogP contribution in [0, 0.1) is 17.5 Å². The fourth-order valence-electron chi connectivity index (χ4n) is 1.35. The molecule has 0 aromatic heterocycles. The Labute approximate surface area is 111 Å². The second-order valence-electron chi connectivity index (χ2n) is 3.75. The summed E-state index contributed by atoms with van der Waals surface area (Å²) in [5.41, 5.74) is -0.770. The molecule has 0 fully saturated rings. The van der Waals surface area contributed by atoms with Gasteiger partial charge in [0.15, 0.2) is 11.6 Å². The van der Waals surface area contributed by atoms with Crippen LogP contribution in [0.25, 0.3) is 0 Å². The van der Waals surface area contributed by atoms with E-state index in [0.717, 1.165) is 0 Å². The van der Waals surface area contributed by atoms with E-state index < -0.39 is 47.8 Å². The second kappa shape index (κ2) is 6.75. The Kier molecular flexibility index (Phi) is 5.32. The maximum Gasteiger partial charge on any atom is 0.326 e. The first-order valence-corrected chi connectivity index (χ1v) is 5.41. The molecule has 20 heavy (non-hydrogen) atoms. The molecule has 1 atom stereocenters. The van der Waals surface area contributed by atoms with Gasteiger partial charge in [0.05, 0.1) is 5.69 Å². The lowest BCUT2D eigenvalue weighted by Gasteiger charge is -2.14. The Hall–Kier alpha value is -2.29. The van der Waals surface area contributed by atoms with Crippen LogP contribution in [0.3, 0.4) is 0 Å². The van der Waals surface area contributed by atoms with Crippen LogP contribution in [-0.4, -0.2) is 34.9 Å². The summed E-state index contributed by atoms with van der Waals surface area (Å²) in [6, 6.07) is -1.75. The Balaban J connectivity index is 2.78. The number of aliphatic hydroxyl groups is 1. The number of halogens is 3. The molecule has 4 N–H and O–H groups in total. The zero-order chi connectivity index (χ0) is 15.3. The first kappa shape index (κ1) is 15.8. The van der Waals surface area contributed by atoms with E-state index >= 15 is 0 Å². The van der Waals surface area contributed by atoms with Gasteiger partial charge in [-0.3, -0.25) is 0 Å². The van der Waals surface area contributed by atoms with Crippen molar-refractivity contribution in [2.24, 2.45) is 0 Å². The molecule has 1 aromatic rings. The molecule has 0 spiro atoms. The van der Waals surface area contributed by atoms with E-state index in [1.54, 1.807) is 5.32 Å². The Bertz CT molecular complexity index is 525. The van der Waals surface area contributed by atoms with Crippen molar-refractivity contribution in [3.63, 3.8) is 0 Å². The predicted octanol–water partition coefficient (Wildman–Crippen LogP) is 1.06. The van der Waals surface area contributed by atoms with Crippen LogP contribution in [0.1, 0.15) is 6.42 Å². The molecular formula is C11H11F3N2O4. The van der Waals surface area contributed by atoms with Gasteiger partial charge in [-0.1, -0.05) is 0 Å². The van der Waals surface area contributed by atoms with Crippen LogP contribution < -0.4 is 10.6 Å². The SMILES string of the molecule is O=C(Nc1cc(F)cc(F)c1F)N[C@@H](CCO)C(=O)O. The van der Waals surface area contributed by atoms with Crippen molar-refractivity contribution in [1.29, 1.82) is 0 Å². The molecule has 0 aliphatic rings. The van der Waals surface area contributed by atoms with Gasteiger partial charge < -0.3 is 20.8 Å². The summed E-state index contributed by atoms with van der Waals surface area (Å²) in [6.45, 7) is -0.500. The maximum atomic E-state index is 13.2. The first-order valence-electron chi connectivity index (χ1n) is 5.41. The van der Waals surface area contributed by atoms with Crippen LogP contribution in [0.2, 0.25) is 0 Å². The number of carboxylic acids is 1. The lowest BCUT2D eigenvalue weighted by Crippen LogP contribution is -2.43. The fraction of sp³-hybridized carbons (Fsp3) is 0.273. The highest BCUT2D eigenvalue weighted by molar-refractivity contribution is 5.92. The van der Waals surface area contributed by atoms with Gasteiger partial charge in [0.25, 0.3) is 0 Å².